The lowest BCUT2D eigenvalue weighted by atomic mass is 9.97. The van der Waals surface area contributed by atoms with Gasteiger partial charge in [-0.2, -0.15) is 0 Å². The van der Waals surface area contributed by atoms with Gasteiger partial charge in [0.15, 0.2) is 11.6 Å². The van der Waals surface area contributed by atoms with Gasteiger partial charge >= 0.3 is 5.97 Å². The van der Waals surface area contributed by atoms with Gasteiger partial charge in [0.2, 0.25) is 0 Å². The summed E-state index contributed by atoms with van der Waals surface area (Å²) in [6, 6.07) is 1.46. The fourth-order valence-electron chi connectivity index (χ4n) is 1.23. The molecule has 0 heterocycles. The second-order valence-corrected chi connectivity index (χ2v) is 2.92. The SMILES string of the molecule is NCC(C(=O)O)c1c(F)ccc(F)c1O. The number of rotatable bonds is 3. The Hall–Kier alpha value is -1.69. The quantitative estimate of drug-likeness (QED) is 0.699. The number of hydrogen-bond acceptors (Lipinski definition) is 3. The van der Waals surface area contributed by atoms with E-state index in [1.807, 2.05) is 0 Å². The monoisotopic (exact) mass is 217 g/mol. The molecule has 0 amide bonds. The van der Waals surface area contributed by atoms with Crippen LogP contribution in [0.4, 0.5) is 8.78 Å². The lowest BCUT2D eigenvalue weighted by Gasteiger charge is -2.13. The average molecular weight is 217 g/mol. The number of carboxylic acid groups (broad SMARTS) is 1. The summed E-state index contributed by atoms with van der Waals surface area (Å²) in [6.45, 7) is -0.427. The largest absolute Gasteiger partial charge is 0.505 e. The van der Waals surface area contributed by atoms with Crippen LogP contribution in [-0.2, 0) is 4.79 Å². The summed E-state index contributed by atoms with van der Waals surface area (Å²) >= 11 is 0. The summed E-state index contributed by atoms with van der Waals surface area (Å²) in [5.74, 6) is -5.95. The Morgan fingerprint density at radius 3 is 2.40 bits per heavy atom. The van der Waals surface area contributed by atoms with Crippen molar-refractivity contribution in [3.63, 3.8) is 0 Å². The number of aromatic hydroxyl groups is 1. The Morgan fingerprint density at radius 1 is 1.40 bits per heavy atom. The molecule has 1 aromatic carbocycles. The van der Waals surface area contributed by atoms with Crippen molar-refractivity contribution in [1.29, 1.82) is 0 Å². The average Bonchev–Trinajstić information content (AvgIpc) is 2.18. The molecule has 1 unspecified atom stereocenters. The third-order valence-corrected chi connectivity index (χ3v) is 2.00. The molecule has 0 fully saturated rings. The predicted molar refractivity (Wildman–Crippen MR) is 47.5 cm³/mol. The number of carbonyl (C=O) groups is 1. The normalized spacial score (nSPS) is 12.5. The highest BCUT2D eigenvalue weighted by atomic mass is 19.1. The van der Waals surface area contributed by atoms with Gasteiger partial charge in [0.05, 0.1) is 0 Å². The van der Waals surface area contributed by atoms with Crippen molar-refractivity contribution in [3.05, 3.63) is 29.3 Å². The van der Waals surface area contributed by atoms with Crippen LogP contribution in [0, 0.1) is 11.6 Å². The van der Waals surface area contributed by atoms with Gasteiger partial charge in [-0.05, 0) is 12.1 Å². The summed E-state index contributed by atoms with van der Waals surface area (Å²) in [7, 11) is 0. The number of benzene rings is 1. The maximum Gasteiger partial charge on any atom is 0.312 e. The number of hydrogen-bond donors (Lipinski definition) is 3. The Balaban J connectivity index is 3.34. The molecule has 15 heavy (non-hydrogen) atoms. The van der Waals surface area contributed by atoms with Crippen molar-refractivity contribution < 1.29 is 23.8 Å². The van der Waals surface area contributed by atoms with E-state index in [0.717, 1.165) is 6.07 Å². The number of phenolic OH excluding ortho intramolecular Hbond substituents is 1. The van der Waals surface area contributed by atoms with Crippen molar-refractivity contribution >= 4 is 5.97 Å². The molecule has 4 N–H and O–H groups in total. The summed E-state index contributed by atoms with van der Waals surface area (Å²) in [4.78, 5) is 10.7. The van der Waals surface area contributed by atoms with Crippen LogP contribution in [0.3, 0.4) is 0 Å². The highest BCUT2D eigenvalue weighted by Gasteiger charge is 2.26. The molecule has 0 spiro atoms. The molecule has 82 valence electrons. The van der Waals surface area contributed by atoms with Crippen LogP contribution >= 0.6 is 0 Å². The van der Waals surface area contributed by atoms with E-state index >= 15 is 0 Å². The smallest absolute Gasteiger partial charge is 0.312 e. The molecule has 4 nitrogen and oxygen atoms in total. The molecule has 6 heteroatoms. The second-order valence-electron chi connectivity index (χ2n) is 2.92. The molecule has 0 aliphatic rings. The van der Waals surface area contributed by atoms with Crippen LogP contribution in [0.2, 0.25) is 0 Å². The molecule has 0 aliphatic carbocycles. The summed E-state index contributed by atoms with van der Waals surface area (Å²) < 4.78 is 26.1. The summed E-state index contributed by atoms with van der Waals surface area (Å²) in [6.07, 6.45) is 0. The molecular formula is C9H9F2NO3. The zero-order valence-corrected chi connectivity index (χ0v) is 7.58. The number of carboxylic acids is 1. The summed E-state index contributed by atoms with van der Waals surface area (Å²) in [5, 5.41) is 17.9. The van der Waals surface area contributed by atoms with Gasteiger partial charge in [-0.1, -0.05) is 0 Å². The Morgan fingerprint density at radius 2 is 1.93 bits per heavy atom. The van der Waals surface area contributed by atoms with E-state index in [0.29, 0.717) is 6.07 Å². The Kier molecular flexibility index (Phi) is 3.21. The number of halogens is 2. The van der Waals surface area contributed by atoms with Crippen molar-refractivity contribution in [3.8, 4) is 5.75 Å². The molecule has 0 aliphatic heterocycles. The van der Waals surface area contributed by atoms with Gasteiger partial charge in [-0.3, -0.25) is 4.79 Å². The van der Waals surface area contributed by atoms with Gasteiger partial charge in [0, 0.05) is 12.1 Å². The van der Waals surface area contributed by atoms with Crippen molar-refractivity contribution in [1.82, 2.24) is 0 Å². The predicted octanol–water partition coefficient (Wildman–Crippen LogP) is 0.797. The van der Waals surface area contributed by atoms with Crippen LogP contribution < -0.4 is 5.73 Å². The van der Waals surface area contributed by atoms with Crippen molar-refractivity contribution in [2.75, 3.05) is 6.54 Å². The van der Waals surface area contributed by atoms with Gasteiger partial charge in [-0.15, -0.1) is 0 Å². The van der Waals surface area contributed by atoms with Crippen LogP contribution in [-0.4, -0.2) is 22.7 Å². The molecule has 1 atom stereocenters. The minimum absolute atomic E-state index is 0.427. The topological polar surface area (TPSA) is 83.6 Å². The Bertz CT molecular complexity index is 395. The fourth-order valence-corrected chi connectivity index (χ4v) is 1.23. The molecule has 1 aromatic rings. The lowest BCUT2D eigenvalue weighted by Crippen LogP contribution is -2.22. The molecule has 0 saturated heterocycles. The maximum atomic E-state index is 13.2. The minimum atomic E-state index is -1.46. The third kappa shape index (κ3) is 2.04. The van der Waals surface area contributed by atoms with Crippen molar-refractivity contribution in [2.24, 2.45) is 5.73 Å². The minimum Gasteiger partial charge on any atom is -0.505 e. The van der Waals surface area contributed by atoms with E-state index in [1.54, 1.807) is 0 Å². The number of nitrogens with two attached hydrogens (primary N) is 1. The highest BCUT2D eigenvalue weighted by Crippen LogP contribution is 2.30. The fraction of sp³-hybridized carbons (Fsp3) is 0.222. The van der Waals surface area contributed by atoms with Crippen LogP contribution in [0.15, 0.2) is 12.1 Å². The molecule has 0 saturated carbocycles. The van der Waals surface area contributed by atoms with Gasteiger partial charge < -0.3 is 15.9 Å². The zero-order chi connectivity index (χ0) is 11.6. The first-order chi connectivity index (χ1) is 6.99. The molecule has 1 rings (SSSR count). The van der Waals surface area contributed by atoms with E-state index in [2.05, 4.69) is 0 Å². The molecule has 0 radical (unpaired) electrons. The first-order valence-corrected chi connectivity index (χ1v) is 4.08. The summed E-state index contributed by atoms with van der Waals surface area (Å²) in [5.41, 5.74) is 4.49. The van der Waals surface area contributed by atoms with Crippen LogP contribution in [0.1, 0.15) is 11.5 Å². The standard InChI is InChI=1S/C9H9F2NO3/c10-5-1-2-6(11)8(13)7(5)4(3-12)9(14)15/h1-2,4,13H,3,12H2,(H,14,15). The van der Waals surface area contributed by atoms with Crippen LogP contribution in [0.5, 0.6) is 5.75 Å². The third-order valence-electron chi connectivity index (χ3n) is 2.00. The molecule has 0 bridgehead atoms. The Labute approximate surface area is 83.9 Å². The molecular weight excluding hydrogens is 208 g/mol. The van der Waals surface area contributed by atoms with E-state index in [9.17, 15) is 18.7 Å². The van der Waals surface area contributed by atoms with Crippen molar-refractivity contribution in [2.45, 2.75) is 5.92 Å². The maximum absolute atomic E-state index is 13.2. The zero-order valence-electron chi connectivity index (χ0n) is 7.58. The van der Waals surface area contributed by atoms with E-state index < -0.39 is 41.4 Å². The van der Waals surface area contributed by atoms with Gasteiger partial charge in [0.25, 0.3) is 0 Å². The van der Waals surface area contributed by atoms with Gasteiger partial charge in [-0.25, -0.2) is 8.78 Å². The lowest BCUT2D eigenvalue weighted by molar-refractivity contribution is -0.138. The van der Waals surface area contributed by atoms with E-state index in [4.69, 9.17) is 10.8 Å². The first kappa shape index (κ1) is 11.4. The van der Waals surface area contributed by atoms with Gasteiger partial charge in [0.1, 0.15) is 11.7 Å². The molecule has 0 aromatic heterocycles. The highest BCUT2D eigenvalue weighted by molar-refractivity contribution is 5.77. The number of phenols is 1. The van der Waals surface area contributed by atoms with E-state index in [-0.39, 0.29) is 0 Å². The number of aliphatic carboxylic acids is 1. The van der Waals surface area contributed by atoms with Crippen LogP contribution in [0.25, 0.3) is 0 Å². The first-order valence-electron chi connectivity index (χ1n) is 4.08. The van der Waals surface area contributed by atoms with E-state index in [1.165, 1.54) is 0 Å². The second kappa shape index (κ2) is 4.22.